The van der Waals surface area contributed by atoms with Crippen molar-refractivity contribution in [2.24, 2.45) is 5.92 Å². The highest BCUT2D eigenvalue weighted by molar-refractivity contribution is 6.16. The van der Waals surface area contributed by atoms with Gasteiger partial charge in [0.1, 0.15) is 5.54 Å². The van der Waals surface area contributed by atoms with Crippen molar-refractivity contribution in [3.05, 3.63) is 29.3 Å². The van der Waals surface area contributed by atoms with Crippen LogP contribution in [0.3, 0.4) is 0 Å². The molecule has 0 N–H and O–H groups in total. The molecule has 2 fully saturated rings. The van der Waals surface area contributed by atoms with E-state index in [4.69, 9.17) is 4.74 Å². The highest BCUT2D eigenvalue weighted by Crippen LogP contribution is 2.39. The molecule has 0 atom stereocenters. The predicted molar refractivity (Wildman–Crippen MR) is 132 cm³/mol. The molecule has 1 saturated heterocycles. The lowest BCUT2D eigenvalue weighted by atomic mass is 9.82. The van der Waals surface area contributed by atoms with Crippen LogP contribution < -0.4 is 4.90 Å². The molecule has 2 aliphatic heterocycles. The molecule has 1 aromatic carbocycles. The number of nitrogens with zero attached hydrogens (tertiary/aromatic N) is 3. The predicted octanol–water partition coefficient (Wildman–Crippen LogP) is 4.24. The smallest absolute Gasteiger partial charge is 0.469 e. The molecule has 0 spiro atoms. The number of anilines is 1. The van der Waals surface area contributed by atoms with E-state index in [0.717, 1.165) is 35.3 Å². The Balaban J connectivity index is 1.48. The zero-order valence-electron chi connectivity index (χ0n) is 22.0. The molecule has 0 radical (unpaired) electrons. The van der Waals surface area contributed by atoms with Crippen LogP contribution in [-0.4, -0.2) is 71.6 Å². The molecule has 8 nitrogen and oxygen atoms in total. The summed E-state index contributed by atoms with van der Waals surface area (Å²) in [6.07, 6.45) is -0.385. The number of ether oxygens (including phenoxy) is 1. The molecular formula is C27H34F3N3O5. The fraction of sp³-hybridized carbons (Fsp3) is 0.630. The Labute approximate surface area is 220 Å². The number of esters is 1. The number of fused-ring (bicyclic) bond motifs is 1. The third-order valence-corrected chi connectivity index (χ3v) is 8.14. The number of hydrogen-bond donors (Lipinski definition) is 0. The zero-order valence-corrected chi connectivity index (χ0v) is 22.0. The monoisotopic (exact) mass is 537 g/mol. The van der Waals surface area contributed by atoms with Crippen LogP contribution in [0.5, 0.6) is 0 Å². The summed E-state index contributed by atoms with van der Waals surface area (Å²) in [5.41, 5.74) is 0.970. The first-order chi connectivity index (χ1) is 17.8. The molecule has 0 bridgehead atoms. The number of carbonyl (C=O) groups is 4. The minimum absolute atomic E-state index is 0.0343. The average molecular weight is 538 g/mol. The fourth-order valence-electron chi connectivity index (χ4n) is 5.93. The van der Waals surface area contributed by atoms with E-state index < -0.39 is 23.7 Å². The Morgan fingerprint density at radius 1 is 1.03 bits per heavy atom. The number of imide groups is 1. The minimum Gasteiger partial charge on any atom is -0.469 e. The van der Waals surface area contributed by atoms with E-state index in [1.807, 2.05) is 0 Å². The van der Waals surface area contributed by atoms with Crippen molar-refractivity contribution in [2.45, 2.75) is 83.0 Å². The Bertz CT molecular complexity index is 1110. The van der Waals surface area contributed by atoms with Crippen molar-refractivity contribution in [1.82, 2.24) is 9.80 Å². The Hall–Kier alpha value is -3.11. The van der Waals surface area contributed by atoms with Gasteiger partial charge in [-0.25, -0.2) is 4.79 Å². The maximum Gasteiger partial charge on any atom is 0.471 e. The van der Waals surface area contributed by atoms with E-state index in [1.165, 1.54) is 16.9 Å². The second-order valence-electron chi connectivity index (χ2n) is 10.9. The summed E-state index contributed by atoms with van der Waals surface area (Å²) in [6, 6.07) is 4.63. The molecule has 1 aromatic rings. The van der Waals surface area contributed by atoms with Crippen LogP contribution in [0.1, 0.15) is 63.5 Å². The van der Waals surface area contributed by atoms with E-state index in [1.54, 1.807) is 32.0 Å². The number of amides is 4. The quantitative estimate of drug-likeness (QED) is 0.414. The van der Waals surface area contributed by atoms with Crippen molar-refractivity contribution < 1.29 is 37.1 Å². The molecule has 11 heteroatoms. The van der Waals surface area contributed by atoms with Gasteiger partial charge in [0.25, 0.3) is 5.91 Å². The number of alkyl halides is 3. The molecule has 208 valence electrons. The second kappa shape index (κ2) is 10.6. The molecule has 4 rings (SSSR count). The number of carbonyl (C=O) groups excluding carboxylic acids is 4. The van der Waals surface area contributed by atoms with Crippen LogP contribution in [0, 0.1) is 5.92 Å². The van der Waals surface area contributed by atoms with Crippen molar-refractivity contribution in [2.75, 3.05) is 25.1 Å². The summed E-state index contributed by atoms with van der Waals surface area (Å²) < 4.78 is 43.5. The lowest BCUT2D eigenvalue weighted by Gasteiger charge is -2.33. The van der Waals surface area contributed by atoms with E-state index in [-0.39, 0.29) is 43.8 Å². The topological polar surface area (TPSA) is 87.2 Å². The number of methoxy groups -OCH3 is 1. The van der Waals surface area contributed by atoms with E-state index in [9.17, 15) is 32.3 Å². The van der Waals surface area contributed by atoms with Gasteiger partial charge < -0.3 is 9.64 Å². The van der Waals surface area contributed by atoms with Crippen LogP contribution >= 0.6 is 0 Å². The van der Waals surface area contributed by atoms with E-state index in [2.05, 4.69) is 0 Å². The molecule has 38 heavy (non-hydrogen) atoms. The summed E-state index contributed by atoms with van der Waals surface area (Å²) in [6.45, 7) is 3.29. The number of hydrogen-bond acceptors (Lipinski definition) is 5. The first-order valence-electron chi connectivity index (χ1n) is 13.1. The van der Waals surface area contributed by atoms with Gasteiger partial charge in [0.15, 0.2) is 0 Å². The summed E-state index contributed by atoms with van der Waals surface area (Å²) in [4.78, 5) is 54.0. The lowest BCUT2D eigenvalue weighted by molar-refractivity contribution is -0.185. The summed E-state index contributed by atoms with van der Waals surface area (Å²) in [7, 11) is 1.37. The minimum atomic E-state index is -4.92. The van der Waals surface area contributed by atoms with E-state index in [0.29, 0.717) is 30.9 Å². The first kappa shape index (κ1) is 27.9. The Kier molecular flexibility index (Phi) is 7.76. The van der Waals surface area contributed by atoms with Crippen LogP contribution in [0.4, 0.5) is 23.7 Å². The van der Waals surface area contributed by atoms with Crippen molar-refractivity contribution in [3.8, 4) is 0 Å². The highest BCUT2D eigenvalue weighted by atomic mass is 19.4. The summed E-state index contributed by atoms with van der Waals surface area (Å²) in [5, 5.41) is 0. The number of urea groups is 1. The SMILES string of the molecule is COC(=O)CC[C@H]1CC[C@H](N2C(=O)N(c3ccc4c(c3)CCN(C(=O)C(F)(F)F)CC4)C(C)(C)C2=O)CC1. The number of benzene rings is 1. The third-order valence-electron chi connectivity index (χ3n) is 8.14. The highest BCUT2D eigenvalue weighted by Gasteiger charge is 2.54. The van der Waals surface area contributed by atoms with Crippen LogP contribution in [0.2, 0.25) is 0 Å². The maximum absolute atomic E-state index is 13.6. The van der Waals surface area contributed by atoms with Crippen molar-refractivity contribution >= 4 is 29.5 Å². The molecule has 1 saturated carbocycles. The lowest BCUT2D eigenvalue weighted by Crippen LogP contribution is -2.45. The molecule has 0 unspecified atom stereocenters. The normalized spacial score (nSPS) is 23.8. The molecule has 4 amide bonds. The molecule has 3 aliphatic rings. The standard InChI is InChI=1S/C27H34F3N3O5/c1-26(2)23(35)32(20-8-4-17(5-9-20)6-11-22(34)38-3)25(37)33(26)21-10-7-18-12-14-31(15-13-19(18)16-21)24(36)27(28,29)30/h7,10,16-17,20H,4-6,8-9,11-15H2,1-3H3/t17-,20-. The van der Waals surface area contributed by atoms with Gasteiger partial charge in [0.2, 0.25) is 0 Å². The second-order valence-corrected chi connectivity index (χ2v) is 10.9. The fourth-order valence-corrected chi connectivity index (χ4v) is 5.93. The van der Waals surface area contributed by atoms with Gasteiger partial charge in [-0.15, -0.1) is 0 Å². The zero-order chi connectivity index (χ0) is 27.8. The molecule has 1 aliphatic carbocycles. The van der Waals surface area contributed by atoms with Gasteiger partial charge in [0.05, 0.1) is 7.11 Å². The van der Waals surface area contributed by atoms with Gasteiger partial charge in [-0.1, -0.05) is 6.07 Å². The molecule has 0 aromatic heterocycles. The number of halogens is 3. The van der Waals surface area contributed by atoms with Gasteiger partial charge in [-0.3, -0.25) is 24.2 Å². The molecular weight excluding hydrogens is 503 g/mol. The number of rotatable bonds is 5. The van der Waals surface area contributed by atoms with Crippen LogP contribution in [0.15, 0.2) is 18.2 Å². The summed E-state index contributed by atoms with van der Waals surface area (Å²) >= 11 is 0. The summed E-state index contributed by atoms with van der Waals surface area (Å²) in [5.74, 6) is -2.02. The van der Waals surface area contributed by atoms with Crippen LogP contribution in [-0.2, 0) is 32.0 Å². The Morgan fingerprint density at radius 2 is 1.66 bits per heavy atom. The Morgan fingerprint density at radius 3 is 2.26 bits per heavy atom. The van der Waals surface area contributed by atoms with Gasteiger partial charge >= 0.3 is 24.1 Å². The largest absolute Gasteiger partial charge is 0.471 e. The van der Waals surface area contributed by atoms with Gasteiger partial charge in [-0.2, -0.15) is 13.2 Å². The van der Waals surface area contributed by atoms with Crippen molar-refractivity contribution in [3.63, 3.8) is 0 Å². The first-order valence-corrected chi connectivity index (χ1v) is 13.1. The third kappa shape index (κ3) is 5.37. The van der Waals surface area contributed by atoms with Crippen molar-refractivity contribution in [1.29, 1.82) is 0 Å². The maximum atomic E-state index is 13.6. The van der Waals surface area contributed by atoms with E-state index >= 15 is 0 Å². The average Bonchev–Trinajstić information content (AvgIpc) is 3.00. The van der Waals surface area contributed by atoms with Gasteiger partial charge in [0, 0.05) is 31.2 Å². The molecule has 2 heterocycles. The van der Waals surface area contributed by atoms with Crippen LogP contribution in [0.25, 0.3) is 0 Å². The van der Waals surface area contributed by atoms with Gasteiger partial charge in [-0.05, 0) is 88.0 Å².